The minimum absolute atomic E-state index is 0.674. The van der Waals surface area contributed by atoms with E-state index < -0.39 is 0 Å². The quantitative estimate of drug-likeness (QED) is 0.749. The number of hydrogen-bond donors (Lipinski definition) is 0. The number of aromatic nitrogens is 2. The van der Waals surface area contributed by atoms with Crippen LogP contribution in [0.15, 0.2) is 18.5 Å². The number of ether oxygens (including phenoxy) is 1. The van der Waals surface area contributed by atoms with Crippen LogP contribution in [0.3, 0.4) is 0 Å². The Labute approximate surface area is 109 Å². The van der Waals surface area contributed by atoms with Crippen molar-refractivity contribution in [3.05, 3.63) is 24.2 Å². The van der Waals surface area contributed by atoms with Crippen LogP contribution in [0.5, 0.6) is 5.88 Å². The van der Waals surface area contributed by atoms with Crippen molar-refractivity contribution >= 4 is 5.57 Å². The maximum absolute atomic E-state index is 5.73. The first-order chi connectivity index (χ1) is 8.81. The summed E-state index contributed by atoms with van der Waals surface area (Å²) >= 11 is 0. The number of rotatable bonds is 5. The van der Waals surface area contributed by atoms with Crippen molar-refractivity contribution in [1.29, 1.82) is 0 Å². The highest BCUT2D eigenvalue weighted by atomic mass is 16.5. The van der Waals surface area contributed by atoms with Gasteiger partial charge < -0.3 is 9.64 Å². The average molecular weight is 247 g/mol. The lowest BCUT2D eigenvalue weighted by Gasteiger charge is -2.23. The van der Waals surface area contributed by atoms with Crippen molar-refractivity contribution in [2.45, 2.75) is 26.2 Å². The summed E-state index contributed by atoms with van der Waals surface area (Å²) < 4.78 is 5.73. The Morgan fingerprint density at radius 1 is 1.33 bits per heavy atom. The fourth-order valence-electron chi connectivity index (χ4n) is 2.03. The lowest BCUT2D eigenvalue weighted by molar-refractivity contribution is 0.294. The molecule has 0 amide bonds. The van der Waals surface area contributed by atoms with Gasteiger partial charge in [-0.3, -0.25) is 0 Å². The number of unbranched alkanes of at least 4 members (excludes halogenated alkanes) is 1. The van der Waals surface area contributed by atoms with Crippen LogP contribution in [-0.4, -0.2) is 41.6 Å². The molecular weight excluding hydrogens is 226 g/mol. The van der Waals surface area contributed by atoms with Crippen LogP contribution in [0.4, 0.5) is 0 Å². The molecule has 1 aliphatic rings. The summed E-state index contributed by atoms with van der Waals surface area (Å²) in [6.45, 7) is 4.89. The summed E-state index contributed by atoms with van der Waals surface area (Å²) in [5.74, 6) is 0.674. The zero-order valence-electron chi connectivity index (χ0n) is 11.2. The van der Waals surface area contributed by atoms with Crippen LogP contribution in [0.2, 0.25) is 0 Å². The average Bonchev–Trinajstić information content (AvgIpc) is 2.40. The third-order valence-corrected chi connectivity index (χ3v) is 3.05. The fraction of sp³-hybridized carbons (Fsp3) is 0.571. The van der Waals surface area contributed by atoms with Gasteiger partial charge in [0.2, 0.25) is 5.88 Å². The molecule has 2 rings (SSSR count). The molecule has 1 aromatic heterocycles. The zero-order valence-corrected chi connectivity index (χ0v) is 11.2. The van der Waals surface area contributed by atoms with Crippen LogP contribution < -0.4 is 4.74 Å². The second-order valence-corrected chi connectivity index (χ2v) is 4.67. The van der Waals surface area contributed by atoms with Gasteiger partial charge in [-0.15, -0.1) is 0 Å². The molecule has 0 saturated carbocycles. The Morgan fingerprint density at radius 2 is 2.17 bits per heavy atom. The maximum atomic E-state index is 5.73. The Morgan fingerprint density at radius 3 is 2.94 bits per heavy atom. The first-order valence-electron chi connectivity index (χ1n) is 6.63. The number of nitrogens with zero attached hydrogens (tertiary/aromatic N) is 3. The monoisotopic (exact) mass is 247 g/mol. The highest BCUT2D eigenvalue weighted by Crippen LogP contribution is 2.24. The summed E-state index contributed by atoms with van der Waals surface area (Å²) in [7, 11) is 2.13. The third kappa shape index (κ3) is 3.29. The van der Waals surface area contributed by atoms with Crippen LogP contribution in [0.25, 0.3) is 5.57 Å². The van der Waals surface area contributed by atoms with Gasteiger partial charge in [-0.2, -0.15) is 0 Å². The van der Waals surface area contributed by atoms with Gasteiger partial charge in [-0.1, -0.05) is 19.4 Å². The van der Waals surface area contributed by atoms with Crippen molar-refractivity contribution in [1.82, 2.24) is 14.9 Å². The summed E-state index contributed by atoms with van der Waals surface area (Å²) in [5.41, 5.74) is 2.13. The van der Waals surface area contributed by atoms with Gasteiger partial charge in [-0.05, 0) is 25.5 Å². The topological polar surface area (TPSA) is 38.3 Å². The largest absolute Gasteiger partial charge is 0.476 e. The third-order valence-electron chi connectivity index (χ3n) is 3.05. The van der Waals surface area contributed by atoms with E-state index in [0.29, 0.717) is 12.5 Å². The standard InChI is InChI=1S/C14H21N3O/c1-3-4-10-18-14-13(15-7-8-16-14)12-6-5-9-17(2)11-12/h6-8H,3-5,9-11H2,1-2H3. The van der Waals surface area contributed by atoms with Gasteiger partial charge in [0.25, 0.3) is 0 Å². The molecule has 0 N–H and O–H groups in total. The number of likely N-dealkylation sites (N-methyl/N-ethyl adjacent to an activating group) is 1. The normalized spacial score (nSPS) is 16.4. The molecule has 0 saturated heterocycles. The van der Waals surface area contributed by atoms with Crippen molar-refractivity contribution in [3.8, 4) is 5.88 Å². The van der Waals surface area contributed by atoms with Gasteiger partial charge >= 0.3 is 0 Å². The maximum Gasteiger partial charge on any atom is 0.240 e. The van der Waals surface area contributed by atoms with Crippen LogP contribution in [0.1, 0.15) is 31.9 Å². The van der Waals surface area contributed by atoms with Crippen molar-refractivity contribution in [2.24, 2.45) is 0 Å². The first-order valence-corrected chi connectivity index (χ1v) is 6.63. The van der Waals surface area contributed by atoms with Gasteiger partial charge in [-0.25, -0.2) is 9.97 Å². The molecule has 4 heteroatoms. The molecule has 1 aliphatic heterocycles. The van der Waals surface area contributed by atoms with Crippen molar-refractivity contribution < 1.29 is 4.74 Å². The van der Waals surface area contributed by atoms with Gasteiger partial charge in [0, 0.05) is 25.5 Å². The smallest absolute Gasteiger partial charge is 0.240 e. The SMILES string of the molecule is CCCCOc1nccnc1C1=CCCN(C)C1. The minimum atomic E-state index is 0.674. The van der Waals surface area contributed by atoms with E-state index in [1.807, 2.05) is 0 Å². The zero-order chi connectivity index (χ0) is 12.8. The van der Waals surface area contributed by atoms with E-state index in [0.717, 1.165) is 38.0 Å². The molecule has 0 unspecified atom stereocenters. The van der Waals surface area contributed by atoms with E-state index in [4.69, 9.17) is 4.74 Å². The molecule has 98 valence electrons. The minimum Gasteiger partial charge on any atom is -0.476 e. The molecule has 0 radical (unpaired) electrons. The molecule has 0 aromatic carbocycles. The van der Waals surface area contributed by atoms with Crippen LogP contribution >= 0.6 is 0 Å². The van der Waals surface area contributed by atoms with Crippen molar-refractivity contribution in [2.75, 3.05) is 26.7 Å². The Kier molecular flexibility index (Phi) is 4.70. The van der Waals surface area contributed by atoms with E-state index in [-0.39, 0.29) is 0 Å². The van der Waals surface area contributed by atoms with E-state index in [2.05, 4.69) is 34.9 Å². The highest BCUT2D eigenvalue weighted by Gasteiger charge is 2.16. The molecule has 0 bridgehead atoms. The molecule has 0 fully saturated rings. The molecule has 2 heterocycles. The van der Waals surface area contributed by atoms with Gasteiger partial charge in [0.1, 0.15) is 5.69 Å². The summed E-state index contributed by atoms with van der Waals surface area (Å²) in [6, 6.07) is 0. The van der Waals surface area contributed by atoms with E-state index in [1.165, 1.54) is 5.57 Å². The second-order valence-electron chi connectivity index (χ2n) is 4.67. The van der Waals surface area contributed by atoms with Crippen molar-refractivity contribution in [3.63, 3.8) is 0 Å². The molecule has 0 aliphatic carbocycles. The predicted molar refractivity (Wildman–Crippen MR) is 72.5 cm³/mol. The molecule has 0 spiro atoms. The Hall–Kier alpha value is -1.42. The summed E-state index contributed by atoms with van der Waals surface area (Å²) in [4.78, 5) is 11.0. The van der Waals surface area contributed by atoms with E-state index in [9.17, 15) is 0 Å². The lowest BCUT2D eigenvalue weighted by atomic mass is 10.1. The second kappa shape index (κ2) is 6.50. The predicted octanol–water partition coefficient (Wildman–Crippen LogP) is 2.37. The molecule has 1 aromatic rings. The first kappa shape index (κ1) is 13.0. The van der Waals surface area contributed by atoms with E-state index >= 15 is 0 Å². The van der Waals surface area contributed by atoms with Gasteiger partial charge in [0.15, 0.2) is 0 Å². The molecular formula is C14H21N3O. The Bertz CT molecular complexity index is 417. The molecule has 18 heavy (non-hydrogen) atoms. The Balaban J connectivity index is 2.13. The highest BCUT2D eigenvalue weighted by molar-refractivity contribution is 5.67. The lowest BCUT2D eigenvalue weighted by Crippen LogP contribution is -2.25. The van der Waals surface area contributed by atoms with Crippen LogP contribution in [0, 0.1) is 0 Å². The van der Waals surface area contributed by atoms with E-state index in [1.54, 1.807) is 12.4 Å². The van der Waals surface area contributed by atoms with Crippen LogP contribution in [-0.2, 0) is 0 Å². The number of hydrogen-bond acceptors (Lipinski definition) is 4. The fourth-order valence-corrected chi connectivity index (χ4v) is 2.03. The summed E-state index contributed by atoms with van der Waals surface area (Å²) in [6.07, 6.45) is 8.92. The van der Waals surface area contributed by atoms with Gasteiger partial charge in [0.05, 0.1) is 6.61 Å². The molecule has 4 nitrogen and oxygen atoms in total. The summed E-state index contributed by atoms with van der Waals surface area (Å²) in [5, 5.41) is 0. The molecule has 0 atom stereocenters.